The van der Waals surface area contributed by atoms with Crippen LogP contribution >= 0.6 is 0 Å². The summed E-state index contributed by atoms with van der Waals surface area (Å²) in [5, 5.41) is 13.9. The van der Waals surface area contributed by atoms with Crippen molar-refractivity contribution >= 4 is 18.0 Å². The Hall–Kier alpha value is -1.99. The number of hydrogen-bond donors (Lipinski definition) is 3. The summed E-state index contributed by atoms with van der Waals surface area (Å²) in [6.07, 6.45) is 0.0999. The van der Waals surface area contributed by atoms with Gasteiger partial charge < -0.3 is 25.5 Å². The van der Waals surface area contributed by atoms with E-state index >= 15 is 0 Å². The predicted molar refractivity (Wildman–Crippen MR) is 67.8 cm³/mol. The molecular formula is C11H20N4O4. The molecule has 108 valence electrons. The van der Waals surface area contributed by atoms with Crippen molar-refractivity contribution in [3.8, 4) is 0 Å². The van der Waals surface area contributed by atoms with Crippen LogP contribution in [0.5, 0.6) is 0 Å². The first-order valence-corrected chi connectivity index (χ1v) is 6.10. The first-order valence-electron chi connectivity index (χ1n) is 6.10. The number of nitrogens with one attached hydrogen (secondary N) is 2. The largest absolute Gasteiger partial charge is 0.481 e. The van der Waals surface area contributed by atoms with E-state index in [-0.39, 0.29) is 24.4 Å². The zero-order valence-corrected chi connectivity index (χ0v) is 11.2. The molecule has 4 amide bonds. The molecule has 1 rings (SSSR count). The van der Waals surface area contributed by atoms with Crippen LogP contribution in [0.15, 0.2) is 0 Å². The molecule has 8 nitrogen and oxygen atoms in total. The average Bonchev–Trinajstić information content (AvgIpc) is 2.27. The number of hydrogen-bond acceptors (Lipinski definition) is 3. The Balaban J connectivity index is 2.07. The molecular weight excluding hydrogens is 252 g/mol. The van der Waals surface area contributed by atoms with Crippen molar-refractivity contribution in [2.75, 3.05) is 40.3 Å². The van der Waals surface area contributed by atoms with Crippen LogP contribution in [-0.4, -0.2) is 73.2 Å². The number of carboxylic acid groups (broad SMARTS) is 1. The van der Waals surface area contributed by atoms with Crippen LogP contribution in [0.3, 0.4) is 0 Å². The number of aliphatic carboxylic acids is 1. The lowest BCUT2D eigenvalue weighted by Gasteiger charge is -2.38. The van der Waals surface area contributed by atoms with Gasteiger partial charge in [0, 0.05) is 46.2 Å². The van der Waals surface area contributed by atoms with Crippen molar-refractivity contribution in [1.29, 1.82) is 0 Å². The molecule has 1 heterocycles. The fraction of sp³-hybridized carbons (Fsp3) is 0.727. The molecule has 3 N–H and O–H groups in total. The quantitative estimate of drug-likeness (QED) is 0.580. The Labute approximate surface area is 111 Å². The molecule has 0 aromatic heterocycles. The molecule has 0 spiro atoms. The van der Waals surface area contributed by atoms with Gasteiger partial charge in [-0.15, -0.1) is 0 Å². The van der Waals surface area contributed by atoms with Crippen molar-refractivity contribution in [3.63, 3.8) is 0 Å². The maximum absolute atomic E-state index is 11.6. The maximum Gasteiger partial charge on any atom is 0.317 e. The molecule has 0 saturated carbocycles. The number of carbonyl (C=O) groups excluding carboxylic acids is 2. The number of urea groups is 2. The van der Waals surface area contributed by atoms with Crippen LogP contribution in [0.4, 0.5) is 9.59 Å². The lowest BCUT2D eigenvalue weighted by Crippen LogP contribution is -2.55. The minimum atomic E-state index is -0.837. The van der Waals surface area contributed by atoms with E-state index in [2.05, 4.69) is 10.6 Å². The summed E-state index contributed by atoms with van der Waals surface area (Å²) in [6, 6.07) is -0.430. The molecule has 19 heavy (non-hydrogen) atoms. The summed E-state index contributed by atoms with van der Waals surface area (Å²) in [4.78, 5) is 36.2. The zero-order chi connectivity index (χ0) is 14.4. The molecule has 0 bridgehead atoms. The molecule has 0 atom stereocenters. The average molecular weight is 272 g/mol. The summed E-state index contributed by atoms with van der Waals surface area (Å²) in [5.74, 6) is -0.784. The molecule has 1 saturated heterocycles. The van der Waals surface area contributed by atoms with E-state index in [1.54, 1.807) is 19.0 Å². The summed E-state index contributed by atoms with van der Waals surface area (Å²) in [7, 11) is 3.27. The Bertz CT molecular complexity index is 353. The molecule has 0 aliphatic carbocycles. The number of likely N-dealkylation sites (tertiary alicyclic amines) is 1. The van der Waals surface area contributed by atoms with Crippen LogP contribution < -0.4 is 10.6 Å². The van der Waals surface area contributed by atoms with E-state index in [1.165, 1.54) is 4.90 Å². The fourth-order valence-corrected chi connectivity index (χ4v) is 1.72. The molecule has 8 heteroatoms. The summed E-state index contributed by atoms with van der Waals surface area (Å²) in [5.41, 5.74) is 0. The number of nitrogens with zero attached hydrogens (tertiary/aromatic N) is 2. The van der Waals surface area contributed by atoms with E-state index in [4.69, 9.17) is 5.11 Å². The van der Waals surface area contributed by atoms with Crippen LogP contribution in [-0.2, 0) is 4.79 Å². The van der Waals surface area contributed by atoms with Gasteiger partial charge in [-0.2, -0.15) is 0 Å². The highest BCUT2D eigenvalue weighted by Crippen LogP contribution is 2.18. The highest BCUT2D eigenvalue weighted by molar-refractivity contribution is 5.76. The van der Waals surface area contributed by atoms with Crippen LogP contribution in [0.25, 0.3) is 0 Å². The van der Waals surface area contributed by atoms with Gasteiger partial charge in [0.25, 0.3) is 0 Å². The minimum absolute atomic E-state index is 0.0525. The second kappa shape index (κ2) is 6.81. The first-order chi connectivity index (χ1) is 8.90. The fourth-order valence-electron chi connectivity index (χ4n) is 1.72. The van der Waals surface area contributed by atoms with E-state index in [0.29, 0.717) is 26.2 Å². The Morgan fingerprint density at radius 3 is 2.32 bits per heavy atom. The van der Waals surface area contributed by atoms with Gasteiger partial charge in [-0.05, 0) is 0 Å². The lowest BCUT2D eigenvalue weighted by atomic mass is 9.97. The van der Waals surface area contributed by atoms with Crippen molar-refractivity contribution in [2.24, 2.45) is 5.92 Å². The van der Waals surface area contributed by atoms with Crippen molar-refractivity contribution in [1.82, 2.24) is 20.4 Å². The van der Waals surface area contributed by atoms with Gasteiger partial charge in [0.05, 0.1) is 6.42 Å². The molecule has 0 aromatic carbocycles. The van der Waals surface area contributed by atoms with Gasteiger partial charge in [0.1, 0.15) is 0 Å². The van der Waals surface area contributed by atoms with E-state index in [1.807, 2.05) is 0 Å². The van der Waals surface area contributed by atoms with E-state index < -0.39 is 5.97 Å². The van der Waals surface area contributed by atoms with Crippen LogP contribution in [0, 0.1) is 5.92 Å². The van der Waals surface area contributed by atoms with Gasteiger partial charge in [0.2, 0.25) is 0 Å². The van der Waals surface area contributed by atoms with E-state index in [0.717, 1.165) is 0 Å². The van der Waals surface area contributed by atoms with Crippen molar-refractivity contribution in [3.05, 3.63) is 0 Å². The van der Waals surface area contributed by atoms with Crippen molar-refractivity contribution in [2.45, 2.75) is 6.42 Å². The molecule has 0 unspecified atom stereocenters. The topological polar surface area (TPSA) is 102 Å². The molecule has 1 fully saturated rings. The summed E-state index contributed by atoms with van der Waals surface area (Å²) < 4.78 is 0. The lowest BCUT2D eigenvalue weighted by molar-refractivity contribution is -0.139. The van der Waals surface area contributed by atoms with Crippen LogP contribution in [0.2, 0.25) is 0 Å². The SMILES string of the molecule is CN(C)C(=O)NCCNC(=O)N1CC(CC(=O)O)C1. The van der Waals surface area contributed by atoms with Gasteiger partial charge in [-0.25, -0.2) is 9.59 Å². The molecule has 1 aliphatic heterocycles. The third-order valence-corrected chi connectivity index (χ3v) is 2.79. The molecule has 0 radical (unpaired) electrons. The smallest absolute Gasteiger partial charge is 0.317 e. The predicted octanol–water partition coefficient (Wildman–Crippen LogP) is -0.626. The van der Waals surface area contributed by atoms with Gasteiger partial charge >= 0.3 is 18.0 Å². The standard InChI is InChI=1S/C11H20N4O4/c1-14(2)10(18)12-3-4-13-11(19)15-6-8(7-15)5-9(16)17/h8H,3-7H2,1-2H3,(H,12,18)(H,13,19)(H,16,17). The highest BCUT2D eigenvalue weighted by Gasteiger charge is 2.31. The summed E-state index contributed by atoms with van der Waals surface area (Å²) in [6.45, 7) is 1.65. The normalized spacial score (nSPS) is 14.5. The Kier molecular flexibility index (Phi) is 5.40. The number of amides is 4. The number of carboxylic acids is 1. The zero-order valence-electron chi connectivity index (χ0n) is 11.2. The third-order valence-electron chi connectivity index (χ3n) is 2.79. The second-order valence-electron chi connectivity index (χ2n) is 4.73. The Morgan fingerprint density at radius 1 is 1.21 bits per heavy atom. The Morgan fingerprint density at radius 2 is 1.79 bits per heavy atom. The molecule has 0 aromatic rings. The van der Waals surface area contributed by atoms with Gasteiger partial charge in [-0.3, -0.25) is 4.79 Å². The number of rotatable bonds is 5. The number of carbonyl (C=O) groups is 3. The highest BCUT2D eigenvalue weighted by atomic mass is 16.4. The van der Waals surface area contributed by atoms with Gasteiger partial charge in [-0.1, -0.05) is 0 Å². The maximum atomic E-state index is 11.6. The first kappa shape index (κ1) is 15.1. The van der Waals surface area contributed by atoms with E-state index in [9.17, 15) is 14.4 Å². The third kappa shape index (κ3) is 5.02. The monoisotopic (exact) mass is 272 g/mol. The summed E-state index contributed by atoms with van der Waals surface area (Å²) >= 11 is 0. The van der Waals surface area contributed by atoms with Crippen LogP contribution in [0.1, 0.15) is 6.42 Å². The molecule has 1 aliphatic rings. The second-order valence-corrected chi connectivity index (χ2v) is 4.73. The van der Waals surface area contributed by atoms with Gasteiger partial charge in [0.15, 0.2) is 0 Å². The van der Waals surface area contributed by atoms with Crippen molar-refractivity contribution < 1.29 is 19.5 Å². The minimum Gasteiger partial charge on any atom is -0.481 e.